The average Bonchev–Trinajstić information content (AvgIpc) is 2.84. The van der Waals surface area contributed by atoms with Crippen molar-refractivity contribution in [2.45, 2.75) is 19.9 Å². The maximum absolute atomic E-state index is 4.33. The Hall–Kier alpha value is -1.39. The predicted octanol–water partition coefficient (Wildman–Crippen LogP) is 3.17. The number of fused-ring (bicyclic) bond motifs is 1. The van der Waals surface area contributed by atoms with Gasteiger partial charge in [-0.3, -0.25) is 0 Å². The van der Waals surface area contributed by atoms with E-state index in [1.54, 1.807) is 11.3 Å². The molecular weight excluding hydrogens is 266 g/mol. The van der Waals surface area contributed by atoms with Crippen LogP contribution in [0.25, 0.3) is 0 Å². The molecule has 2 heterocycles. The molecule has 1 aromatic heterocycles. The highest BCUT2D eigenvalue weighted by atomic mass is 32.1. The summed E-state index contributed by atoms with van der Waals surface area (Å²) in [6.45, 7) is 5.30. The van der Waals surface area contributed by atoms with E-state index in [0.717, 1.165) is 19.6 Å². The van der Waals surface area contributed by atoms with Gasteiger partial charge in [-0.1, -0.05) is 18.2 Å². The smallest absolute Gasteiger partial charge is 0.0798 e. The summed E-state index contributed by atoms with van der Waals surface area (Å²) < 4.78 is 0. The summed E-state index contributed by atoms with van der Waals surface area (Å²) in [4.78, 5) is 8.13. The van der Waals surface area contributed by atoms with Gasteiger partial charge in [-0.2, -0.15) is 0 Å². The molecule has 1 aliphatic rings. The van der Waals surface area contributed by atoms with E-state index in [-0.39, 0.29) is 0 Å². The highest BCUT2D eigenvalue weighted by Gasteiger charge is 2.19. The van der Waals surface area contributed by atoms with Gasteiger partial charge in [-0.05, 0) is 37.9 Å². The second-order valence-corrected chi connectivity index (χ2v) is 6.61. The van der Waals surface area contributed by atoms with Crippen molar-refractivity contribution in [1.82, 2.24) is 9.88 Å². The Morgan fingerprint density at radius 2 is 2.25 bits per heavy atom. The van der Waals surface area contributed by atoms with Gasteiger partial charge in [0, 0.05) is 30.2 Å². The van der Waals surface area contributed by atoms with Crippen LogP contribution in [-0.2, 0) is 13.0 Å². The quantitative estimate of drug-likeness (QED) is 0.936. The molecule has 0 radical (unpaired) electrons. The zero-order valence-corrected chi connectivity index (χ0v) is 12.9. The minimum atomic E-state index is 0.683. The number of para-hydroxylation sites is 1. The van der Waals surface area contributed by atoms with Crippen molar-refractivity contribution in [1.29, 1.82) is 0 Å². The summed E-state index contributed by atoms with van der Waals surface area (Å²) in [5, 5.41) is 3.55. The van der Waals surface area contributed by atoms with Gasteiger partial charge in [0.15, 0.2) is 0 Å². The SMILES string of the molecule is Cc1ncsc1CN(C)CC1CNc2ccccc2C1. The molecule has 20 heavy (non-hydrogen) atoms. The van der Waals surface area contributed by atoms with E-state index in [0.29, 0.717) is 5.92 Å². The van der Waals surface area contributed by atoms with Crippen molar-refractivity contribution in [3.8, 4) is 0 Å². The van der Waals surface area contributed by atoms with Gasteiger partial charge in [0.05, 0.1) is 11.2 Å². The van der Waals surface area contributed by atoms with E-state index in [9.17, 15) is 0 Å². The van der Waals surface area contributed by atoms with Gasteiger partial charge in [0.25, 0.3) is 0 Å². The van der Waals surface area contributed by atoms with Crippen LogP contribution in [-0.4, -0.2) is 30.0 Å². The number of aryl methyl sites for hydroxylation is 1. The topological polar surface area (TPSA) is 28.2 Å². The van der Waals surface area contributed by atoms with Crippen LogP contribution in [0.4, 0.5) is 5.69 Å². The summed E-state index contributed by atoms with van der Waals surface area (Å²) in [5.41, 5.74) is 5.88. The number of nitrogens with zero attached hydrogens (tertiary/aromatic N) is 2. The second kappa shape index (κ2) is 5.94. The fourth-order valence-corrected chi connectivity index (χ4v) is 3.72. The van der Waals surface area contributed by atoms with Gasteiger partial charge in [0.2, 0.25) is 0 Å². The molecule has 3 rings (SSSR count). The molecule has 1 aliphatic heterocycles. The number of rotatable bonds is 4. The molecule has 0 saturated carbocycles. The van der Waals surface area contributed by atoms with Crippen LogP contribution in [0, 0.1) is 12.8 Å². The molecule has 0 bridgehead atoms. The van der Waals surface area contributed by atoms with Crippen molar-refractivity contribution in [3.05, 3.63) is 45.9 Å². The predicted molar refractivity (Wildman–Crippen MR) is 85.3 cm³/mol. The number of anilines is 1. The highest BCUT2D eigenvalue weighted by Crippen LogP contribution is 2.25. The van der Waals surface area contributed by atoms with Crippen LogP contribution in [0.5, 0.6) is 0 Å². The summed E-state index contributed by atoms with van der Waals surface area (Å²) in [5.74, 6) is 0.683. The van der Waals surface area contributed by atoms with Crippen molar-refractivity contribution in [2.24, 2.45) is 5.92 Å². The van der Waals surface area contributed by atoms with Crippen LogP contribution in [0.3, 0.4) is 0 Å². The summed E-state index contributed by atoms with van der Waals surface area (Å²) in [6.07, 6.45) is 1.18. The Balaban J connectivity index is 1.58. The van der Waals surface area contributed by atoms with E-state index in [1.807, 2.05) is 5.51 Å². The third-order valence-corrected chi connectivity index (χ3v) is 4.86. The third-order valence-electron chi connectivity index (χ3n) is 3.94. The van der Waals surface area contributed by atoms with Crippen LogP contribution >= 0.6 is 11.3 Å². The molecule has 1 aromatic carbocycles. The highest BCUT2D eigenvalue weighted by molar-refractivity contribution is 7.09. The lowest BCUT2D eigenvalue weighted by Crippen LogP contribution is -2.33. The Morgan fingerprint density at radius 1 is 1.40 bits per heavy atom. The molecular formula is C16H21N3S. The minimum Gasteiger partial charge on any atom is -0.384 e. The fraction of sp³-hybridized carbons (Fsp3) is 0.438. The van der Waals surface area contributed by atoms with E-state index in [2.05, 4.69) is 53.4 Å². The molecule has 4 heteroatoms. The van der Waals surface area contributed by atoms with E-state index < -0.39 is 0 Å². The molecule has 0 amide bonds. The molecule has 1 atom stereocenters. The normalized spacial score (nSPS) is 17.9. The maximum atomic E-state index is 4.33. The molecule has 0 spiro atoms. The lowest BCUT2D eigenvalue weighted by molar-refractivity contribution is 0.273. The summed E-state index contributed by atoms with van der Waals surface area (Å²) >= 11 is 1.76. The first kappa shape index (κ1) is 13.6. The number of hydrogen-bond acceptors (Lipinski definition) is 4. The maximum Gasteiger partial charge on any atom is 0.0798 e. The van der Waals surface area contributed by atoms with Crippen molar-refractivity contribution in [3.63, 3.8) is 0 Å². The van der Waals surface area contributed by atoms with E-state index in [1.165, 1.54) is 28.2 Å². The van der Waals surface area contributed by atoms with Gasteiger partial charge < -0.3 is 10.2 Å². The summed E-state index contributed by atoms with van der Waals surface area (Å²) in [7, 11) is 2.21. The Morgan fingerprint density at radius 3 is 3.05 bits per heavy atom. The van der Waals surface area contributed by atoms with Crippen LogP contribution in [0.2, 0.25) is 0 Å². The first-order chi connectivity index (χ1) is 9.72. The largest absolute Gasteiger partial charge is 0.384 e. The molecule has 0 saturated heterocycles. The zero-order chi connectivity index (χ0) is 13.9. The Bertz CT molecular complexity index is 579. The van der Waals surface area contributed by atoms with E-state index in [4.69, 9.17) is 0 Å². The van der Waals surface area contributed by atoms with Crippen molar-refractivity contribution >= 4 is 17.0 Å². The van der Waals surface area contributed by atoms with Gasteiger partial charge in [-0.15, -0.1) is 11.3 Å². The molecule has 106 valence electrons. The Kier molecular flexibility index (Phi) is 4.03. The number of nitrogens with one attached hydrogen (secondary N) is 1. The summed E-state index contributed by atoms with van der Waals surface area (Å²) in [6, 6.07) is 8.65. The monoisotopic (exact) mass is 287 g/mol. The zero-order valence-electron chi connectivity index (χ0n) is 12.1. The molecule has 1 N–H and O–H groups in total. The fourth-order valence-electron chi connectivity index (χ4n) is 2.87. The first-order valence-electron chi connectivity index (χ1n) is 7.11. The number of benzene rings is 1. The van der Waals surface area contributed by atoms with E-state index >= 15 is 0 Å². The standard InChI is InChI=1S/C16H21N3S/c1-12-16(20-11-18-12)10-19(2)9-13-7-14-5-3-4-6-15(14)17-8-13/h3-6,11,13,17H,7-10H2,1-2H3. The van der Waals surface area contributed by atoms with Gasteiger partial charge >= 0.3 is 0 Å². The lowest BCUT2D eigenvalue weighted by Gasteiger charge is -2.29. The minimum absolute atomic E-state index is 0.683. The Labute approximate surface area is 124 Å². The molecule has 3 nitrogen and oxygen atoms in total. The first-order valence-corrected chi connectivity index (χ1v) is 7.99. The molecule has 0 aliphatic carbocycles. The van der Waals surface area contributed by atoms with Crippen LogP contribution < -0.4 is 5.32 Å². The van der Waals surface area contributed by atoms with Crippen molar-refractivity contribution < 1.29 is 0 Å². The van der Waals surface area contributed by atoms with Crippen LogP contribution in [0.15, 0.2) is 29.8 Å². The number of thiazole rings is 1. The number of hydrogen-bond donors (Lipinski definition) is 1. The lowest BCUT2D eigenvalue weighted by atomic mass is 9.93. The molecule has 0 fully saturated rings. The number of aromatic nitrogens is 1. The second-order valence-electron chi connectivity index (χ2n) is 5.67. The van der Waals surface area contributed by atoms with Gasteiger partial charge in [0.1, 0.15) is 0 Å². The van der Waals surface area contributed by atoms with Crippen LogP contribution in [0.1, 0.15) is 16.1 Å². The van der Waals surface area contributed by atoms with Crippen molar-refractivity contribution in [2.75, 3.05) is 25.5 Å². The van der Waals surface area contributed by atoms with Gasteiger partial charge in [-0.25, -0.2) is 4.98 Å². The molecule has 2 aromatic rings. The average molecular weight is 287 g/mol. The molecule has 1 unspecified atom stereocenters. The third kappa shape index (κ3) is 3.02.